The Morgan fingerprint density at radius 3 is 2.32 bits per heavy atom. The maximum Gasteiger partial charge on any atom is 0.273 e. The molecule has 3 nitrogen and oxygen atoms in total. The Balaban J connectivity index is 2.35. The van der Waals surface area contributed by atoms with E-state index >= 15 is 0 Å². The Labute approximate surface area is 114 Å². The molecule has 1 aliphatic rings. The van der Waals surface area contributed by atoms with E-state index in [4.69, 9.17) is 11.5 Å². The molecule has 0 heterocycles. The molecule has 1 fully saturated rings. The van der Waals surface area contributed by atoms with Crippen molar-refractivity contribution in [3.63, 3.8) is 0 Å². The summed E-state index contributed by atoms with van der Waals surface area (Å²) in [4.78, 5) is 0. The number of rotatable bonds is 7. The minimum absolute atomic E-state index is 0.171. The summed E-state index contributed by atoms with van der Waals surface area (Å²) in [6.45, 7) is 1.59. The molecule has 0 amide bonds. The van der Waals surface area contributed by atoms with E-state index in [0.717, 1.165) is 12.8 Å². The van der Waals surface area contributed by atoms with Crippen molar-refractivity contribution in [2.45, 2.75) is 76.5 Å². The molecule has 0 spiro atoms. The Bertz CT molecular complexity index is 256. The van der Waals surface area contributed by atoms with E-state index in [9.17, 15) is 13.9 Å². The number of aliphatic hydroxyl groups excluding tert-OH is 1. The van der Waals surface area contributed by atoms with Crippen LogP contribution in [0, 0.1) is 11.8 Å². The van der Waals surface area contributed by atoms with E-state index in [-0.39, 0.29) is 6.42 Å². The van der Waals surface area contributed by atoms with Crippen molar-refractivity contribution in [3.05, 3.63) is 0 Å². The van der Waals surface area contributed by atoms with Crippen molar-refractivity contribution in [2.24, 2.45) is 23.3 Å². The fourth-order valence-electron chi connectivity index (χ4n) is 2.78. The molecule has 0 unspecified atom stereocenters. The van der Waals surface area contributed by atoms with Crippen LogP contribution in [0.15, 0.2) is 0 Å². The zero-order valence-electron chi connectivity index (χ0n) is 11.8. The van der Waals surface area contributed by atoms with Gasteiger partial charge in [-0.1, -0.05) is 39.0 Å². The van der Waals surface area contributed by atoms with Gasteiger partial charge >= 0.3 is 0 Å². The number of halogens is 2. The van der Waals surface area contributed by atoms with Crippen molar-refractivity contribution in [1.29, 1.82) is 0 Å². The van der Waals surface area contributed by atoms with Gasteiger partial charge in [0, 0.05) is 6.42 Å². The third-order valence-electron chi connectivity index (χ3n) is 4.31. The van der Waals surface area contributed by atoms with Crippen LogP contribution >= 0.6 is 0 Å². The molecule has 5 heteroatoms. The summed E-state index contributed by atoms with van der Waals surface area (Å²) in [5.41, 5.74) is 10.8. The summed E-state index contributed by atoms with van der Waals surface area (Å²) in [6.07, 6.45) is 3.94. The lowest BCUT2D eigenvalue weighted by Crippen LogP contribution is -2.43. The summed E-state index contributed by atoms with van der Waals surface area (Å²) in [5.74, 6) is -3.09. The summed E-state index contributed by atoms with van der Waals surface area (Å²) in [5, 5.41) is 9.71. The van der Waals surface area contributed by atoms with Gasteiger partial charge in [0.2, 0.25) is 0 Å². The first-order valence-corrected chi connectivity index (χ1v) is 7.40. The second-order valence-corrected chi connectivity index (χ2v) is 6.12. The Kier molecular flexibility index (Phi) is 6.63. The zero-order valence-corrected chi connectivity index (χ0v) is 11.8. The first-order chi connectivity index (χ1) is 8.83. The molecule has 0 aromatic heterocycles. The van der Waals surface area contributed by atoms with E-state index < -0.39 is 30.5 Å². The number of aliphatic hydroxyl groups is 1. The largest absolute Gasteiger partial charge is 0.387 e. The van der Waals surface area contributed by atoms with Crippen molar-refractivity contribution < 1.29 is 13.9 Å². The molecule has 1 rings (SSSR count). The fraction of sp³-hybridized carbons (Fsp3) is 1.00. The molecule has 114 valence electrons. The second-order valence-electron chi connectivity index (χ2n) is 6.12. The first kappa shape index (κ1) is 16.8. The maximum atomic E-state index is 13.8. The van der Waals surface area contributed by atoms with E-state index in [0.29, 0.717) is 12.3 Å². The van der Waals surface area contributed by atoms with Gasteiger partial charge in [-0.3, -0.25) is 0 Å². The predicted octanol–water partition coefficient (Wildman–Crippen LogP) is 2.61. The highest BCUT2D eigenvalue weighted by Crippen LogP contribution is 2.33. The van der Waals surface area contributed by atoms with Crippen molar-refractivity contribution in [3.8, 4) is 0 Å². The maximum absolute atomic E-state index is 13.8. The number of hydrogen-bond donors (Lipinski definition) is 3. The lowest BCUT2D eigenvalue weighted by Gasteiger charge is -2.28. The first-order valence-electron chi connectivity index (χ1n) is 7.40. The quantitative estimate of drug-likeness (QED) is 0.627. The second kappa shape index (κ2) is 7.50. The molecule has 0 saturated heterocycles. The van der Waals surface area contributed by atoms with Crippen molar-refractivity contribution in [1.82, 2.24) is 0 Å². The smallest absolute Gasteiger partial charge is 0.273 e. The molecule has 0 aliphatic heterocycles. The van der Waals surface area contributed by atoms with Crippen LogP contribution in [0.25, 0.3) is 0 Å². The molecule has 0 radical (unpaired) electrons. The molecule has 1 aliphatic carbocycles. The van der Waals surface area contributed by atoms with Crippen LogP contribution in [0.2, 0.25) is 0 Å². The average Bonchev–Trinajstić information content (AvgIpc) is 2.36. The minimum Gasteiger partial charge on any atom is -0.387 e. The Morgan fingerprint density at radius 1 is 1.21 bits per heavy atom. The zero-order chi connectivity index (χ0) is 14.5. The van der Waals surface area contributed by atoms with E-state index in [1.54, 1.807) is 6.92 Å². The van der Waals surface area contributed by atoms with Gasteiger partial charge in [-0.2, -0.15) is 0 Å². The lowest BCUT2D eigenvalue weighted by atomic mass is 9.84. The van der Waals surface area contributed by atoms with Gasteiger partial charge in [-0.25, -0.2) is 8.78 Å². The molecule has 0 aromatic rings. The van der Waals surface area contributed by atoms with Gasteiger partial charge in [0.1, 0.15) is 6.10 Å². The molecule has 0 aromatic carbocycles. The molecular weight excluding hydrogens is 250 g/mol. The molecule has 0 bridgehead atoms. The van der Waals surface area contributed by atoms with E-state index in [1.807, 2.05) is 0 Å². The third kappa shape index (κ3) is 5.71. The molecule has 5 N–H and O–H groups in total. The minimum atomic E-state index is -3.09. The number of alkyl halides is 2. The van der Waals surface area contributed by atoms with Crippen LogP contribution < -0.4 is 11.5 Å². The van der Waals surface area contributed by atoms with Crippen molar-refractivity contribution >= 4 is 0 Å². The molecular formula is C14H28F2N2O. The standard InChI is InChI=1S/C14H28F2N2O/c1-10(13(17)18)9-14(15,16)12(19)8-7-11-5-3-2-4-6-11/h10-13,19H,2-9,17-18H2,1H3/t10-,12+/m0/s1. The SMILES string of the molecule is C[C@@H](CC(F)(F)[C@H](O)CCC1CCCCC1)C(N)N. The fourth-order valence-corrected chi connectivity index (χ4v) is 2.78. The monoisotopic (exact) mass is 278 g/mol. The van der Waals surface area contributed by atoms with E-state index in [2.05, 4.69) is 0 Å². The van der Waals surface area contributed by atoms with Gasteiger partial charge in [0.25, 0.3) is 5.92 Å². The molecule has 2 atom stereocenters. The van der Waals surface area contributed by atoms with E-state index in [1.165, 1.54) is 19.3 Å². The summed E-state index contributed by atoms with van der Waals surface area (Å²) in [6, 6.07) is 0. The highest BCUT2D eigenvalue weighted by Gasteiger charge is 2.40. The van der Waals surface area contributed by atoms with Gasteiger partial charge in [0.05, 0.1) is 6.17 Å². The normalized spacial score (nSPS) is 21.6. The van der Waals surface area contributed by atoms with Gasteiger partial charge in [0.15, 0.2) is 0 Å². The number of hydrogen-bond acceptors (Lipinski definition) is 3. The third-order valence-corrected chi connectivity index (χ3v) is 4.31. The van der Waals surface area contributed by atoms with Crippen LogP contribution in [-0.4, -0.2) is 23.3 Å². The highest BCUT2D eigenvalue weighted by atomic mass is 19.3. The van der Waals surface area contributed by atoms with Crippen molar-refractivity contribution in [2.75, 3.05) is 0 Å². The summed E-state index contributed by atoms with van der Waals surface area (Å²) >= 11 is 0. The summed E-state index contributed by atoms with van der Waals surface area (Å²) < 4.78 is 27.6. The molecule has 1 saturated carbocycles. The predicted molar refractivity (Wildman–Crippen MR) is 72.7 cm³/mol. The average molecular weight is 278 g/mol. The van der Waals surface area contributed by atoms with Gasteiger partial charge in [-0.05, 0) is 24.7 Å². The van der Waals surface area contributed by atoms with Crippen LogP contribution in [0.3, 0.4) is 0 Å². The van der Waals surface area contributed by atoms with Crippen LogP contribution in [0.4, 0.5) is 8.78 Å². The highest BCUT2D eigenvalue weighted by molar-refractivity contribution is 4.81. The Hall–Kier alpha value is -0.260. The molecule has 19 heavy (non-hydrogen) atoms. The lowest BCUT2D eigenvalue weighted by molar-refractivity contribution is -0.126. The van der Waals surface area contributed by atoms with Gasteiger partial charge in [-0.15, -0.1) is 0 Å². The van der Waals surface area contributed by atoms with Crippen LogP contribution in [0.5, 0.6) is 0 Å². The topological polar surface area (TPSA) is 72.3 Å². The number of nitrogens with two attached hydrogens (primary N) is 2. The van der Waals surface area contributed by atoms with Crippen LogP contribution in [0.1, 0.15) is 58.3 Å². The Morgan fingerprint density at radius 2 is 1.79 bits per heavy atom. The van der Waals surface area contributed by atoms with Gasteiger partial charge < -0.3 is 16.6 Å². The summed E-state index contributed by atoms with van der Waals surface area (Å²) in [7, 11) is 0. The van der Waals surface area contributed by atoms with Crippen LogP contribution in [-0.2, 0) is 0 Å².